The van der Waals surface area contributed by atoms with Gasteiger partial charge >= 0.3 is 24.0 Å². The molecule has 0 unspecified atom stereocenters. The molecular formula is C40H55F3N12O9. The van der Waals surface area contributed by atoms with Gasteiger partial charge in [-0.1, -0.05) is 26.2 Å². The molecule has 0 aliphatic rings. The van der Waals surface area contributed by atoms with Crippen molar-refractivity contribution >= 4 is 64.3 Å². The summed E-state index contributed by atoms with van der Waals surface area (Å²) in [6, 6.07) is 0.763. The van der Waals surface area contributed by atoms with Crippen molar-refractivity contribution in [3.63, 3.8) is 0 Å². The van der Waals surface area contributed by atoms with E-state index in [1.54, 1.807) is 20.8 Å². The fourth-order valence-corrected chi connectivity index (χ4v) is 5.97. The molecule has 3 rings (SSSR count). The van der Waals surface area contributed by atoms with Gasteiger partial charge in [0.15, 0.2) is 17.1 Å². The molecule has 3 aromatic rings. The third-order valence-electron chi connectivity index (χ3n) is 9.16. The van der Waals surface area contributed by atoms with E-state index in [-0.39, 0.29) is 52.9 Å². The highest BCUT2D eigenvalue weighted by Crippen LogP contribution is 2.26. The Kier molecular flexibility index (Phi) is 18.9. The van der Waals surface area contributed by atoms with Crippen LogP contribution in [0.3, 0.4) is 0 Å². The van der Waals surface area contributed by atoms with Crippen molar-refractivity contribution in [3.8, 4) is 0 Å². The lowest BCUT2D eigenvalue weighted by atomic mass is 10.1. The second-order valence-electron chi connectivity index (χ2n) is 15.4. The molecule has 4 amide bonds. The second-order valence-corrected chi connectivity index (χ2v) is 15.4. The number of hydrogen-bond acceptors (Lipinski definition) is 14. The lowest BCUT2D eigenvalue weighted by Gasteiger charge is -2.25. The molecule has 1 aromatic carbocycles. The fraction of sp³-hybridized carbons (Fsp3) is 0.525. The zero-order valence-electron chi connectivity index (χ0n) is 36.4. The number of benzene rings is 1. The molecule has 0 spiro atoms. The normalized spacial score (nSPS) is 13.2. The highest BCUT2D eigenvalue weighted by molar-refractivity contribution is 6.00. The number of aliphatic imine (C=N–C) groups is 1. The van der Waals surface area contributed by atoms with E-state index in [1.165, 1.54) is 14.2 Å². The van der Waals surface area contributed by atoms with Crippen LogP contribution in [0.1, 0.15) is 95.1 Å². The molecule has 0 bridgehead atoms. The summed E-state index contributed by atoms with van der Waals surface area (Å²) in [7, 11) is 2.68. The largest absolute Gasteiger partial charge is 0.471 e. The molecule has 2 heterocycles. The van der Waals surface area contributed by atoms with E-state index in [0.29, 0.717) is 30.7 Å². The molecule has 350 valence electrons. The fourth-order valence-electron chi connectivity index (χ4n) is 5.97. The number of esters is 2. The molecule has 2 aromatic heterocycles. The Balaban J connectivity index is 1.82. The number of fused-ring (bicyclic) bond motifs is 1. The molecule has 9 N–H and O–H groups in total. The molecule has 0 fully saturated rings. The van der Waals surface area contributed by atoms with Gasteiger partial charge in [0.25, 0.3) is 11.5 Å². The first-order valence-corrected chi connectivity index (χ1v) is 20.2. The average Bonchev–Trinajstić information content (AvgIpc) is 3.23. The van der Waals surface area contributed by atoms with Crippen LogP contribution in [0.2, 0.25) is 0 Å². The standard InChI is InChI=1S/C40H55F3N12O9/c1-7-8-9-11-26(34(60)63-6)52-32(58)25(12-10-19-47-37(44)46-5)50-28(56)18-17-27(35(61)64-39(2,3)4)51-31(57)22-13-15-24(16-14-22)55(36(62)40(41,42)43)21-23-20-48-30-29(49-23)33(59)54-38(45)53-30/h13-16,20,25-27H,7-12,17-19,21H2,1-6H3,(H,50,56)(H,51,57)(H,52,58)(H3,44,46,47)(H3,45,48,53,54,59)/t25-,26-,27-/m0/s1. The van der Waals surface area contributed by atoms with Crippen LogP contribution < -0.4 is 43.2 Å². The maximum atomic E-state index is 13.8. The lowest BCUT2D eigenvalue weighted by Crippen LogP contribution is -2.52. The van der Waals surface area contributed by atoms with Gasteiger partial charge in [-0.05, 0) is 70.7 Å². The van der Waals surface area contributed by atoms with Crippen molar-refractivity contribution in [1.82, 2.24) is 41.2 Å². The minimum Gasteiger partial charge on any atom is -0.467 e. The van der Waals surface area contributed by atoms with E-state index in [2.05, 4.69) is 46.2 Å². The maximum Gasteiger partial charge on any atom is 0.471 e. The molecule has 0 aliphatic carbocycles. The number of nitrogens with two attached hydrogens (primary N) is 2. The Morgan fingerprint density at radius 3 is 2.17 bits per heavy atom. The summed E-state index contributed by atoms with van der Waals surface area (Å²) in [4.78, 5) is 109. The summed E-state index contributed by atoms with van der Waals surface area (Å²) in [6.07, 6.45) is -2.01. The zero-order chi connectivity index (χ0) is 47.8. The number of nitrogens with zero attached hydrogens (tertiary/aromatic N) is 5. The van der Waals surface area contributed by atoms with Crippen molar-refractivity contribution in [2.24, 2.45) is 10.7 Å². The van der Waals surface area contributed by atoms with Crippen LogP contribution in [0.5, 0.6) is 0 Å². The van der Waals surface area contributed by atoms with Crippen molar-refractivity contribution in [1.29, 1.82) is 0 Å². The first kappa shape index (κ1) is 51.5. The third kappa shape index (κ3) is 16.1. The van der Waals surface area contributed by atoms with Gasteiger partial charge in [-0.15, -0.1) is 0 Å². The maximum absolute atomic E-state index is 13.8. The molecule has 64 heavy (non-hydrogen) atoms. The molecule has 0 saturated heterocycles. The highest BCUT2D eigenvalue weighted by Gasteiger charge is 2.43. The van der Waals surface area contributed by atoms with Crippen molar-refractivity contribution in [3.05, 3.63) is 52.1 Å². The number of carbonyl (C=O) groups excluding carboxylic acids is 6. The smallest absolute Gasteiger partial charge is 0.467 e. The van der Waals surface area contributed by atoms with Gasteiger partial charge in [0.1, 0.15) is 23.7 Å². The number of aromatic nitrogens is 4. The predicted octanol–water partition coefficient (Wildman–Crippen LogP) is 1.65. The number of carbonyl (C=O) groups is 6. The number of halogens is 3. The quantitative estimate of drug-likeness (QED) is 0.0346. The van der Waals surface area contributed by atoms with Crippen molar-refractivity contribution in [2.75, 3.05) is 31.3 Å². The Bertz CT molecular complexity index is 2210. The number of rotatable bonds is 21. The first-order valence-electron chi connectivity index (χ1n) is 20.2. The number of ether oxygens (including phenoxy) is 2. The van der Waals surface area contributed by atoms with Gasteiger partial charge in [0, 0.05) is 31.3 Å². The highest BCUT2D eigenvalue weighted by atomic mass is 19.4. The van der Waals surface area contributed by atoms with Gasteiger partial charge in [-0.3, -0.25) is 38.8 Å². The van der Waals surface area contributed by atoms with Crippen LogP contribution in [0.4, 0.5) is 24.8 Å². The molecule has 0 aliphatic heterocycles. The van der Waals surface area contributed by atoms with E-state index in [4.69, 9.17) is 20.9 Å². The summed E-state index contributed by atoms with van der Waals surface area (Å²) in [5.74, 6) is -6.19. The molecular weight excluding hydrogens is 850 g/mol. The van der Waals surface area contributed by atoms with Crippen molar-refractivity contribution < 1.29 is 51.4 Å². The van der Waals surface area contributed by atoms with Crippen LogP contribution in [0, 0.1) is 0 Å². The van der Waals surface area contributed by atoms with Gasteiger partial charge < -0.3 is 42.2 Å². The summed E-state index contributed by atoms with van der Waals surface area (Å²) in [5, 5.41) is 10.7. The Labute approximate surface area is 366 Å². The number of hydrogen-bond donors (Lipinski definition) is 7. The van der Waals surface area contributed by atoms with Gasteiger partial charge in [0.05, 0.1) is 25.5 Å². The molecule has 3 atom stereocenters. The minimum atomic E-state index is -5.35. The first-order chi connectivity index (χ1) is 30.1. The van der Waals surface area contributed by atoms with E-state index < -0.39 is 84.0 Å². The number of methoxy groups -OCH3 is 1. The molecule has 24 heteroatoms. The topological polar surface area (TPSA) is 308 Å². The predicted molar refractivity (Wildman–Crippen MR) is 227 cm³/mol. The number of amides is 4. The van der Waals surface area contributed by atoms with Crippen LogP contribution in [0.15, 0.2) is 40.2 Å². The summed E-state index contributed by atoms with van der Waals surface area (Å²) in [5.41, 5.74) is 8.18. The Hall–Kier alpha value is -6.88. The van der Waals surface area contributed by atoms with Crippen LogP contribution >= 0.6 is 0 Å². The molecule has 0 saturated carbocycles. The number of H-pyrrole nitrogens is 1. The summed E-state index contributed by atoms with van der Waals surface area (Å²) in [6.45, 7) is 6.22. The number of nitrogens with one attached hydrogen (secondary N) is 5. The van der Waals surface area contributed by atoms with Crippen LogP contribution in [-0.2, 0) is 40.0 Å². The number of anilines is 2. The Morgan fingerprint density at radius 1 is 0.906 bits per heavy atom. The van der Waals surface area contributed by atoms with Crippen LogP contribution in [0.25, 0.3) is 11.2 Å². The van der Waals surface area contributed by atoms with E-state index in [1.807, 2.05) is 6.92 Å². The summed E-state index contributed by atoms with van der Waals surface area (Å²) >= 11 is 0. The average molecular weight is 905 g/mol. The van der Waals surface area contributed by atoms with E-state index in [0.717, 1.165) is 43.3 Å². The SMILES string of the molecule is CCCCC[C@H](NC(=O)[C@H](CCCNC(N)=NC)NC(=O)CC[C@H](NC(=O)c1ccc(N(Cc2cnc3nc(N)[nH]c(=O)c3n2)C(=O)C(F)(F)F)cc1)C(=O)OC(C)(C)C)C(=O)OC. The number of guanidine groups is 1. The molecule has 21 nitrogen and oxygen atoms in total. The van der Waals surface area contributed by atoms with Crippen molar-refractivity contribution in [2.45, 2.75) is 116 Å². The van der Waals surface area contributed by atoms with Gasteiger partial charge in [-0.2, -0.15) is 18.2 Å². The number of nitrogen functional groups attached to an aromatic ring is 1. The van der Waals surface area contributed by atoms with Gasteiger partial charge in [0.2, 0.25) is 17.8 Å². The van der Waals surface area contributed by atoms with Gasteiger partial charge in [-0.25, -0.2) is 19.6 Å². The molecule has 0 radical (unpaired) electrons. The van der Waals surface area contributed by atoms with E-state index >= 15 is 0 Å². The number of aromatic amines is 1. The zero-order valence-corrected chi connectivity index (χ0v) is 36.4. The summed E-state index contributed by atoms with van der Waals surface area (Å²) < 4.78 is 51.8. The third-order valence-corrected chi connectivity index (χ3v) is 9.16. The number of alkyl halides is 3. The number of unbranched alkanes of at least 4 members (excludes halogenated alkanes) is 2. The van der Waals surface area contributed by atoms with E-state index in [9.17, 15) is 46.7 Å². The Morgan fingerprint density at radius 2 is 1.56 bits per heavy atom. The van der Waals surface area contributed by atoms with Crippen LogP contribution in [-0.4, -0.2) is 112 Å². The minimum absolute atomic E-state index is 0.0984. The second kappa shape index (κ2) is 23.5. The monoisotopic (exact) mass is 904 g/mol. The lowest BCUT2D eigenvalue weighted by molar-refractivity contribution is -0.170.